The Labute approximate surface area is 180 Å². The van der Waals surface area contributed by atoms with Gasteiger partial charge >= 0.3 is 5.97 Å². The fourth-order valence-corrected chi connectivity index (χ4v) is 4.00. The van der Waals surface area contributed by atoms with Gasteiger partial charge in [0.05, 0.1) is 21.8 Å². The van der Waals surface area contributed by atoms with E-state index in [0.717, 1.165) is 32.3 Å². The molecule has 3 aromatic carbocycles. The van der Waals surface area contributed by atoms with E-state index in [-0.39, 0.29) is 0 Å². The molecule has 0 spiro atoms. The Morgan fingerprint density at radius 2 is 1.53 bits per heavy atom. The molecule has 0 fully saturated rings. The molecule has 0 amide bonds. The van der Waals surface area contributed by atoms with E-state index >= 15 is 0 Å². The molecule has 30 heavy (non-hydrogen) atoms. The molecule has 0 aliphatic rings. The summed E-state index contributed by atoms with van der Waals surface area (Å²) in [5, 5.41) is 4.67. The van der Waals surface area contributed by atoms with Gasteiger partial charge in [-0.3, -0.25) is 0 Å². The highest BCUT2D eigenvalue weighted by atomic mass is 32.2. The van der Waals surface area contributed by atoms with E-state index in [2.05, 4.69) is 5.10 Å². The summed E-state index contributed by atoms with van der Waals surface area (Å²) in [6.07, 6.45) is 0. The first-order valence-corrected chi connectivity index (χ1v) is 10.5. The number of hydrogen-bond donors (Lipinski definition) is 0. The van der Waals surface area contributed by atoms with Gasteiger partial charge in [-0.2, -0.15) is 9.78 Å². The van der Waals surface area contributed by atoms with Crippen LogP contribution in [0.4, 0.5) is 0 Å². The number of nitrogens with zero attached hydrogens (tertiary/aromatic N) is 2. The van der Waals surface area contributed by atoms with Crippen LogP contribution in [0.1, 0.15) is 27.2 Å². The van der Waals surface area contributed by atoms with Crippen LogP contribution in [-0.4, -0.2) is 15.7 Å². The minimum absolute atomic E-state index is 0.398. The average Bonchev–Trinajstić information content (AvgIpc) is 3.06. The monoisotopic (exact) mass is 414 g/mol. The molecule has 0 saturated heterocycles. The molecule has 0 unspecified atom stereocenters. The smallest absolute Gasteiger partial charge is 0.344 e. The van der Waals surface area contributed by atoms with Gasteiger partial charge in [-0.25, -0.2) is 4.79 Å². The number of benzene rings is 3. The van der Waals surface area contributed by atoms with Crippen molar-refractivity contribution in [1.82, 2.24) is 9.78 Å². The Balaban J connectivity index is 1.76. The first kappa shape index (κ1) is 20.0. The van der Waals surface area contributed by atoms with Crippen molar-refractivity contribution < 1.29 is 9.53 Å². The summed E-state index contributed by atoms with van der Waals surface area (Å²) in [7, 11) is 0. The van der Waals surface area contributed by atoms with Gasteiger partial charge in [-0.1, -0.05) is 54.2 Å². The molecule has 0 bridgehead atoms. The molecule has 0 aliphatic heterocycles. The average molecular weight is 415 g/mol. The zero-order valence-corrected chi connectivity index (χ0v) is 17.9. The molecule has 4 aromatic rings. The molecule has 0 saturated carbocycles. The summed E-state index contributed by atoms with van der Waals surface area (Å²) in [6.45, 7) is 5.94. The van der Waals surface area contributed by atoms with Crippen LogP contribution < -0.4 is 4.74 Å². The van der Waals surface area contributed by atoms with Crippen molar-refractivity contribution in [3.8, 4) is 11.6 Å². The molecule has 4 nitrogen and oxygen atoms in total. The molecular formula is C25H22N2O2S. The lowest BCUT2D eigenvalue weighted by Gasteiger charge is -2.11. The number of carbonyl (C=O) groups is 1. The van der Waals surface area contributed by atoms with Gasteiger partial charge in [0.25, 0.3) is 0 Å². The molecule has 0 atom stereocenters. The number of hydrogen-bond acceptors (Lipinski definition) is 4. The second-order valence-corrected chi connectivity index (χ2v) is 8.15. The molecule has 4 rings (SSSR count). The topological polar surface area (TPSA) is 44.1 Å². The molecule has 5 heteroatoms. The summed E-state index contributed by atoms with van der Waals surface area (Å²) in [5.41, 5.74) is 4.35. The van der Waals surface area contributed by atoms with Crippen LogP contribution in [0, 0.1) is 20.8 Å². The van der Waals surface area contributed by atoms with Crippen LogP contribution in [0.5, 0.6) is 5.88 Å². The predicted molar refractivity (Wildman–Crippen MR) is 120 cm³/mol. The Hall–Kier alpha value is -3.31. The number of aromatic nitrogens is 2. The zero-order valence-electron chi connectivity index (χ0n) is 17.1. The Kier molecular flexibility index (Phi) is 5.72. The third-order valence-corrected chi connectivity index (χ3v) is 6.04. The highest BCUT2D eigenvalue weighted by Gasteiger charge is 2.22. The van der Waals surface area contributed by atoms with Gasteiger partial charge < -0.3 is 4.74 Å². The molecule has 1 heterocycles. The van der Waals surface area contributed by atoms with E-state index < -0.39 is 5.97 Å². The third kappa shape index (κ3) is 4.16. The number of esters is 1. The van der Waals surface area contributed by atoms with Crippen LogP contribution in [0.3, 0.4) is 0 Å². The molecule has 0 radical (unpaired) electrons. The Morgan fingerprint density at radius 1 is 0.867 bits per heavy atom. The molecular weight excluding hydrogens is 392 g/mol. The van der Waals surface area contributed by atoms with Crippen LogP contribution in [0.15, 0.2) is 88.7 Å². The predicted octanol–water partition coefficient (Wildman–Crippen LogP) is 6.17. The largest absolute Gasteiger partial charge is 0.402 e. The van der Waals surface area contributed by atoms with Crippen molar-refractivity contribution in [2.24, 2.45) is 0 Å². The second kappa shape index (κ2) is 8.59. The SMILES string of the molecule is Cc1ccc(C(=O)Oc2c(Sc3ccccc3)c(C)nn2-c2ccccc2)cc1C. The maximum atomic E-state index is 13.0. The fraction of sp³-hybridized carbons (Fsp3) is 0.120. The van der Waals surface area contributed by atoms with Crippen LogP contribution in [0.2, 0.25) is 0 Å². The van der Waals surface area contributed by atoms with Gasteiger partial charge in [-0.05, 0) is 68.3 Å². The van der Waals surface area contributed by atoms with E-state index in [1.807, 2.05) is 93.6 Å². The van der Waals surface area contributed by atoms with Gasteiger partial charge in [0.2, 0.25) is 5.88 Å². The van der Waals surface area contributed by atoms with Crippen LogP contribution >= 0.6 is 11.8 Å². The fourth-order valence-electron chi connectivity index (χ4n) is 3.06. The number of carbonyl (C=O) groups excluding carboxylic acids is 1. The third-order valence-electron chi connectivity index (χ3n) is 4.86. The van der Waals surface area contributed by atoms with E-state index in [0.29, 0.717) is 11.4 Å². The summed E-state index contributed by atoms with van der Waals surface area (Å²) < 4.78 is 7.64. The van der Waals surface area contributed by atoms with Crippen LogP contribution in [-0.2, 0) is 0 Å². The lowest BCUT2D eigenvalue weighted by atomic mass is 10.1. The van der Waals surface area contributed by atoms with Crippen molar-refractivity contribution in [2.75, 3.05) is 0 Å². The normalized spacial score (nSPS) is 10.8. The van der Waals surface area contributed by atoms with Gasteiger partial charge in [0.1, 0.15) is 0 Å². The minimum Gasteiger partial charge on any atom is -0.402 e. The van der Waals surface area contributed by atoms with E-state index in [9.17, 15) is 4.79 Å². The first-order chi connectivity index (χ1) is 14.5. The zero-order chi connectivity index (χ0) is 21.1. The van der Waals surface area contributed by atoms with E-state index in [4.69, 9.17) is 4.74 Å². The maximum absolute atomic E-state index is 13.0. The van der Waals surface area contributed by atoms with Crippen molar-refractivity contribution in [2.45, 2.75) is 30.6 Å². The molecule has 1 aromatic heterocycles. The quantitative estimate of drug-likeness (QED) is 0.366. The summed E-state index contributed by atoms with van der Waals surface area (Å²) in [4.78, 5) is 14.9. The maximum Gasteiger partial charge on any atom is 0.344 e. The summed E-state index contributed by atoms with van der Waals surface area (Å²) >= 11 is 1.54. The van der Waals surface area contributed by atoms with Crippen molar-refractivity contribution in [3.05, 3.63) is 101 Å². The van der Waals surface area contributed by atoms with Crippen LogP contribution in [0.25, 0.3) is 5.69 Å². The van der Waals surface area contributed by atoms with Crippen molar-refractivity contribution in [1.29, 1.82) is 0 Å². The Morgan fingerprint density at radius 3 is 2.20 bits per heavy atom. The Bertz CT molecular complexity index is 1180. The molecule has 150 valence electrons. The second-order valence-electron chi connectivity index (χ2n) is 7.07. The van der Waals surface area contributed by atoms with Crippen molar-refractivity contribution >= 4 is 17.7 Å². The molecule has 0 aliphatic carbocycles. The van der Waals surface area contributed by atoms with Gasteiger partial charge in [0.15, 0.2) is 0 Å². The standard InChI is InChI=1S/C25H22N2O2S/c1-17-14-15-20(16-18(17)2)25(28)29-24-23(30-22-12-8-5-9-13-22)19(3)26-27(24)21-10-6-4-7-11-21/h4-16H,1-3H3. The number of ether oxygens (including phenoxy) is 1. The highest BCUT2D eigenvalue weighted by molar-refractivity contribution is 7.99. The number of para-hydroxylation sites is 1. The number of aryl methyl sites for hydroxylation is 3. The summed E-state index contributed by atoms with van der Waals surface area (Å²) in [5.74, 6) is 0.0286. The lowest BCUT2D eigenvalue weighted by molar-refractivity contribution is 0.0718. The van der Waals surface area contributed by atoms with Crippen molar-refractivity contribution in [3.63, 3.8) is 0 Å². The molecule has 0 N–H and O–H groups in total. The first-order valence-electron chi connectivity index (χ1n) is 9.70. The highest BCUT2D eigenvalue weighted by Crippen LogP contribution is 2.39. The lowest BCUT2D eigenvalue weighted by Crippen LogP contribution is -2.12. The number of rotatable bonds is 5. The van der Waals surface area contributed by atoms with E-state index in [1.165, 1.54) is 11.8 Å². The van der Waals surface area contributed by atoms with E-state index in [1.54, 1.807) is 10.7 Å². The van der Waals surface area contributed by atoms with Gasteiger partial charge in [-0.15, -0.1) is 0 Å². The minimum atomic E-state index is -0.398. The summed E-state index contributed by atoms with van der Waals surface area (Å²) in [6, 6.07) is 25.3. The van der Waals surface area contributed by atoms with Gasteiger partial charge in [0, 0.05) is 4.90 Å².